The largest absolute Gasteiger partial charge is 0.462 e. The molecule has 5 aliphatic rings. The molecule has 0 bridgehead atoms. The molecule has 0 radical (unpaired) electrons. The zero-order chi connectivity index (χ0) is 46.3. The Hall–Kier alpha value is -1.88. The van der Waals surface area contributed by atoms with Gasteiger partial charge in [-0.25, -0.2) is 0 Å². The number of epoxide rings is 1. The number of hydrogen-bond acceptors (Lipinski definition) is 18. The third kappa shape index (κ3) is 13.0. The van der Waals surface area contributed by atoms with E-state index in [1.165, 1.54) is 20.3 Å². The SMILES string of the molecule is CC[C@H]1OC(=O)CC[C@H](C)C(SO[C@@H]2O[C@H](C)[C@@H](O[C@H]3CC4(O)O[C@H]4[C@@H](C)O3)C(N(C)C)C2O)[C@@H](CC=O)C[C@@H](C)C(=O)/C=C/C(C)=C/[C@@H]1CO[C@@H]1OC(C)[C@@H](O)[C@H](OC)C1OC. The molecule has 0 saturated carbocycles. The first-order chi connectivity index (χ1) is 29.9. The first-order valence-corrected chi connectivity index (χ1v) is 23.2. The molecule has 5 aliphatic heterocycles. The van der Waals surface area contributed by atoms with E-state index in [0.29, 0.717) is 19.3 Å². The molecule has 5 heterocycles. The molecule has 360 valence electrons. The molecule has 0 amide bonds. The van der Waals surface area contributed by atoms with Crippen LogP contribution >= 0.6 is 12.0 Å². The fraction of sp³-hybridized carbons (Fsp3) is 0.844. The molecule has 20 atom stereocenters. The topological polar surface area (TPSA) is 211 Å². The predicted octanol–water partition coefficient (Wildman–Crippen LogP) is 3.49. The average molecular weight is 916 g/mol. The maximum Gasteiger partial charge on any atom is 0.306 e. The first-order valence-electron chi connectivity index (χ1n) is 22.4. The summed E-state index contributed by atoms with van der Waals surface area (Å²) in [5.74, 6) is -3.26. The van der Waals surface area contributed by atoms with E-state index in [1.54, 1.807) is 13.0 Å². The number of cyclic esters (lactones) is 1. The lowest BCUT2D eigenvalue weighted by Crippen LogP contribution is -2.63. The number of aliphatic hydroxyl groups excluding tert-OH is 2. The van der Waals surface area contributed by atoms with Gasteiger partial charge in [-0.05, 0) is 91.0 Å². The summed E-state index contributed by atoms with van der Waals surface area (Å²) in [6.07, 6.45) is -1.93. The highest BCUT2D eigenvalue weighted by atomic mass is 32.2. The van der Waals surface area contributed by atoms with E-state index in [-0.39, 0.29) is 49.6 Å². The Morgan fingerprint density at radius 3 is 2.27 bits per heavy atom. The lowest BCUT2D eigenvalue weighted by Gasteiger charge is -2.47. The van der Waals surface area contributed by atoms with Crippen molar-refractivity contribution in [3.8, 4) is 0 Å². The summed E-state index contributed by atoms with van der Waals surface area (Å²) in [6.45, 7) is 13.0. The van der Waals surface area contributed by atoms with Crippen molar-refractivity contribution in [2.75, 3.05) is 34.9 Å². The first kappa shape index (κ1) is 52.1. The molecule has 63 heavy (non-hydrogen) atoms. The van der Waals surface area contributed by atoms with Gasteiger partial charge in [0.1, 0.15) is 49.0 Å². The quantitative estimate of drug-likeness (QED) is 0.0986. The van der Waals surface area contributed by atoms with Crippen LogP contribution < -0.4 is 0 Å². The summed E-state index contributed by atoms with van der Waals surface area (Å²) in [7, 11) is 6.62. The number of esters is 1. The Kier molecular flexibility index (Phi) is 19.2. The van der Waals surface area contributed by atoms with Gasteiger partial charge in [0, 0.05) is 44.1 Å². The number of ether oxygens (including phenoxy) is 9. The Morgan fingerprint density at radius 2 is 1.63 bits per heavy atom. The summed E-state index contributed by atoms with van der Waals surface area (Å²) in [5.41, 5.74) is 0.754. The van der Waals surface area contributed by atoms with Crippen molar-refractivity contribution in [3.05, 3.63) is 23.8 Å². The Morgan fingerprint density at radius 1 is 0.937 bits per heavy atom. The smallest absolute Gasteiger partial charge is 0.306 e. The minimum absolute atomic E-state index is 0.0691. The fourth-order valence-electron chi connectivity index (χ4n) is 9.44. The highest BCUT2D eigenvalue weighted by Gasteiger charge is 2.64. The number of fused-ring (bicyclic) bond motifs is 1. The van der Waals surface area contributed by atoms with Gasteiger partial charge in [0.25, 0.3) is 0 Å². The molecular formula is C45H73NO16S. The molecule has 17 nitrogen and oxygen atoms in total. The number of aliphatic hydroxyl groups is 3. The summed E-state index contributed by atoms with van der Waals surface area (Å²) >= 11 is 1.09. The number of carbonyl (C=O) groups is 3. The van der Waals surface area contributed by atoms with Crippen molar-refractivity contribution in [1.29, 1.82) is 0 Å². The van der Waals surface area contributed by atoms with Crippen molar-refractivity contribution in [2.45, 2.75) is 184 Å². The zero-order valence-corrected chi connectivity index (χ0v) is 39.5. The van der Waals surface area contributed by atoms with Gasteiger partial charge >= 0.3 is 5.97 Å². The fourth-order valence-corrected chi connectivity index (χ4v) is 10.5. The van der Waals surface area contributed by atoms with Crippen LogP contribution in [0.1, 0.15) is 87.0 Å². The highest BCUT2D eigenvalue weighted by molar-refractivity contribution is 7.95. The second kappa shape index (κ2) is 23.2. The number of methoxy groups -OCH3 is 2. The lowest BCUT2D eigenvalue weighted by atomic mass is 9.83. The number of rotatable bonds is 14. The van der Waals surface area contributed by atoms with Crippen molar-refractivity contribution >= 4 is 30.1 Å². The molecular weight excluding hydrogens is 843 g/mol. The summed E-state index contributed by atoms with van der Waals surface area (Å²) < 4.78 is 60.1. The lowest BCUT2D eigenvalue weighted by molar-refractivity contribution is -0.304. The molecule has 4 saturated heterocycles. The Labute approximate surface area is 376 Å². The van der Waals surface area contributed by atoms with E-state index in [4.69, 9.17) is 46.8 Å². The second-order valence-corrected chi connectivity index (χ2v) is 19.2. The highest BCUT2D eigenvalue weighted by Crippen LogP contribution is 2.47. The molecule has 0 spiro atoms. The van der Waals surface area contributed by atoms with Crippen LogP contribution in [0, 0.1) is 23.7 Å². The van der Waals surface area contributed by atoms with Crippen LogP contribution in [0.25, 0.3) is 0 Å². The zero-order valence-electron chi connectivity index (χ0n) is 38.7. The van der Waals surface area contributed by atoms with Gasteiger partial charge in [-0.15, -0.1) is 0 Å². The minimum Gasteiger partial charge on any atom is -0.462 e. The Balaban J connectivity index is 1.32. The molecule has 18 heteroatoms. The van der Waals surface area contributed by atoms with Gasteiger partial charge in [-0.2, -0.15) is 0 Å². The molecule has 0 aromatic rings. The van der Waals surface area contributed by atoms with Gasteiger partial charge in [0.05, 0.1) is 37.4 Å². The van der Waals surface area contributed by atoms with Gasteiger partial charge in [0.2, 0.25) is 5.79 Å². The third-order valence-corrected chi connectivity index (χ3v) is 14.6. The van der Waals surface area contributed by atoms with Crippen LogP contribution in [-0.4, -0.2) is 170 Å². The van der Waals surface area contributed by atoms with Crippen LogP contribution in [0.5, 0.6) is 0 Å². The number of ketones is 1. The maximum absolute atomic E-state index is 13.7. The van der Waals surface area contributed by atoms with Gasteiger partial charge in [-0.3, -0.25) is 13.8 Å². The average Bonchev–Trinajstić information content (AvgIpc) is 3.93. The van der Waals surface area contributed by atoms with E-state index in [9.17, 15) is 29.7 Å². The van der Waals surface area contributed by atoms with Gasteiger partial charge in [-0.1, -0.05) is 38.5 Å². The summed E-state index contributed by atoms with van der Waals surface area (Å²) in [5, 5.41) is 32.7. The number of carbonyl (C=O) groups excluding carboxylic acids is 3. The molecule has 5 rings (SSSR count). The van der Waals surface area contributed by atoms with E-state index in [0.717, 1.165) is 23.9 Å². The third-order valence-electron chi connectivity index (χ3n) is 13.2. The van der Waals surface area contributed by atoms with Crippen LogP contribution in [-0.2, 0) is 61.2 Å². The van der Waals surface area contributed by atoms with Crippen molar-refractivity contribution in [2.24, 2.45) is 23.7 Å². The van der Waals surface area contributed by atoms with E-state index in [1.807, 2.05) is 66.6 Å². The second-order valence-electron chi connectivity index (χ2n) is 18.3. The standard InChI is InChI=1S/C45H73NO16S/c1-12-32-30(22-55-44-40(54-11)39(53-10)36(50)26(5)57-44)19-23(2)13-15-31(48)25(4)20-29(17-18-47)41(24(3)14-16-33(49)59-32)63-62-43-37(51)35(46(8)9)38(27(6)58-43)60-34-21-45(52)42(61-45)28(7)56-34/h13,15,18-19,24-30,32,34-44,50-52H,12,14,16-17,20-22H2,1-11H3/b15-13+,23-19+/t24-,25+,26?,27+,28+,29-,30+,32+,34-,35?,36+,37?,38+,39-,40?,41?,42-,43-,44+,45?/m0/s1. The number of aldehydes is 1. The number of likely N-dealkylation sites (N-methyl/N-ethyl adjacent to an activating group) is 1. The number of hydrogen-bond donors (Lipinski definition) is 3. The van der Waals surface area contributed by atoms with Crippen molar-refractivity contribution in [3.63, 3.8) is 0 Å². The monoisotopic (exact) mass is 915 g/mol. The summed E-state index contributed by atoms with van der Waals surface area (Å²) in [4.78, 5) is 41.4. The molecule has 0 aromatic carbocycles. The molecule has 4 fully saturated rings. The minimum atomic E-state index is -1.30. The van der Waals surface area contributed by atoms with Crippen LogP contribution in [0.2, 0.25) is 0 Å². The van der Waals surface area contributed by atoms with E-state index in [2.05, 4.69) is 0 Å². The van der Waals surface area contributed by atoms with Gasteiger partial charge < -0.3 is 67.6 Å². The van der Waals surface area contributed by atoms with Crippen LogP contribution in [0.15, 0.2) is 23.8 Å². The van der Waals surface area contributed by atoms with E-state index >= 15 is 0 Å². The maximum atomic E-state index is 13.7. The van der Waals surface area contributed by atoms with Gasteiger partial charge in [0.15, 0.2) is 24.7 Å². The van der Waals surface area contributed by atoms with Crippen molar-refractivity contribution < 1.29 is 76.5 Å². The molecule has 0 aliphatic carbocycles. The normalized spacial score (nSPS) is 45.8. The molecule has 0 aromatic heterocycles. The van der Waals surface area contributed by atoms with Crippen molar-refractivity contribution in [1.82, 2.24) is 4.90 Å². The van der Waals surface area contributed by atoms with E-state index < -0.39 is 109 Å². The molecule has 3 N–H and O–H groups in total. The molecule has 6 unspecified atom stereocenters. The number of allylic oxidation sites excluding steroid dienone is 3. The van der Waals surface area contributed by atoms with Crippen LogP contribution in [0.4, 0.5) is 0 Å². The predicted molar refractivity (Wildman–Crippen MR) is 230 cm³/mol. The van der Waals surface area contributed by atoms with Crippen LogP contribution in [0.3, 0.4) is 0 Å². The Bertz CT molecular complexity index is 1570. The summed E-state index contributed by atoms with van der Waals surface area (Å²) in [6, 6.07) is -0.598. The number of nitrogens with zero attached hydrogens (tertiary/aromatic N) is 1.